The Morgan fingerprint density at radius 2 is 2.23 bits per heavy atom. The lowest BCUT2D eigenvalue weighted by Crippen LogP contribution is -2.24. The molecule has 0 fully saturated rings. The van der Waals surface area contributed by atoms with Crippen molar-refractivity contribution in [1.82, 2.24) is 14.5 Å². The molecule has 1 aliphatic rings. The normalized spacial score (nSPS) is 12.5. The lowest BCUT2D eigenvalue weighted by Gasteiger charge is -2.14. The van der Waals surface area contributed by atoms with Crippen molar-refractivity contribution in [2.45, 2.75) is 19.4 Å². The quantitative estimate of drug-likeness (QED) is 0.694. The second-order valence-corrected chi connectivity index (χ2v) is 6.25. The number of carboxylic acids is 1. The second kappa shape index (κ2) is 6.15. The van der Waals surface area contributed by atoms with Gasteiger partial charge in [0.15, 0.2) is 0 Å². The Kier molecular flexibility index (Phi) is 3.80. The van der Waals surface area contributed by atoms with Gasteiger partial charge < -0.3 is 14.7 Å². The number of rotatable bonds is 5. The Morgan fingerprint density at radius 1 is 1.38 bits per heavy atom. The Hall–Kier alpha value is -3.41. The first-order valence-corrected chi connectivity index (χ1v) is 8.34. The third-order valence-corrected chi connectivity index (χ3v) is 4.66. The van der Waals surface area contributed by atoms with Crippen LogP contribution in [0.15, 0.2) is 48.2 Å². The van der Waals surface area contributed by atoms with Crippen LogP contribution in [0, 0.1) is 0 Å². The summed E-state index contributed by atoms with van der Waals surface area (Å²) in [6.45, 7) is 4.25. The van der Waals surface area contributed by atoms with E-state index in [1.165, 1.54) is 0 Å². The van der Waals surface area contributed by atoms with Crippen LogP contribution < -0.4 is 5.56 Å². The van der Waals surface area contributed by atoms with Crippen LogP contribution in [0.4, 0.5) is 0 Å². The van der Waals surface area contributed by atoms with Crippen LogP contribution in [0.3, 0.4) is 0 Å². The number of nitrogens with one attached hydrogen (secondary N) is 1. The van der Waals surface area contributed by atoms with Gasteiger partial charge >= 0.3 is 5.97 Å². The molecule has 0 bridgehead atoms. The number of imidazole rings is 1. The van der Waals surface area contributed by atoms with Crippen molar-refractivity contribution < 1.29 is 9.90 Å². The van der Waals surface area contributed by atoms with Gasteiger partial charge in [-0.05, 0) is 30.5 Å². The summed E-state index contributed by atoms with van der Waals surface area (Å²) in [7, 11) is 0. The van der Waals surface area contributed by atoms with E-state index in [0.29, 0.717) is 36.0 Å². The number of pyridine rings is 1. The zero-order valence-electron chi connectivity index (χ0n) is 14.0. The molecule has 0 saturated carbocycles. The highest BCUT2D eigenvalue weighted by molar-refractivity contribution is 6.01. The van der Waals surface area contributed by atoms with Crippen molar-refractivity contribution >= 4 is 23.1 Å². The van der Waals surface area contributed by atoms with Gasteiger partial charge in [-0.15, -0.1) is 6.58 Å². The number of carbonyl (C=O) groups is 1. The van der Waals surface area contributed by atoms with Crippen LogP contribution in [-0.4, -0.2) is 25.6 Å². The zero-order valence-corrected chi connectivity index (χ0v) is 14.0. The fourth-order valence-corrected chi connectivity index (χ4v) is 3.41. The molecule has 0 aliphatic heterocycles. The van der Waals surface area contributed by atoms with Crippen LogP contribution in [-0.2, 0) is 13.0 Å². The molecule has 0 amide bonds. The standard InChI is InChI=1S/C20H17N3O3/c1-2-3-7-23-10-16(13-5-4-6-14(13)19(23)24)15-8-12(20(25)26)9-17-18(15)22-11-21-17/h2,4-5,8-11H,1,3,6-7H2,(H,21,22)(H,25,26). The number of hydrogen-bond donors (Lipinski definition) is 2. The van der Waals surface area contributed by atoms with Crippen LogP contribution in [0.2, 0.25) is 0 Å². The number of H-pyrrole nitrogens is 1. The summed E-state index contributed by atoms with van der Waals surface area (Å²) < 4.78 is 1.68. The van der Waals surface area contributed by atoms with E-state index >= 15 is 0 Å². The van der Waals surface area contributed by atoms with E-state index in [9.17, 15) is 14.7 Å². The Balaban J connectivity index is 2.03. The Bertz CT molecular complexity index is 1140. The molecule has 1 aliphatic carbocycles. The molecule has 4 rings (SSSR count). The first-order chi connectivity index (χ1) is 12.6. The maximum Gasteiger partial charge on any atom is 0.335 e. The molecule has 26 heavy (non-hydrogen) atoms. The van der Waals surface area contributed by atoms with Gasteiger partial charge in [0.2, 0.25) is 0 Å². The number of aromatic nitrogens is 3. The molecule has 2 heterocycles. The molecule has 0 saturated heterocycles. The van der Waals surface area contributed by atoms with E-state index in [1.807, 2.05) is 12.2 Å². The SMILES string of the molecule is C=CCCn1cc(-c2cc(C(=O)O)cc3[nH]cnc23)c2c(c1=O)CC=C2. The summed E-state index contributed by atoms with van der Waals surface area (Å²) in [6, 6.07) is 3.19. The largest absolute Gasteiger partial charge is 0.478 e. The van der Waals surface area contributed by atoms with Crippen molar-refractivity contribution in [3.63, 3.8) is 0 Å². The van der Waals surface area contributed by atoms with E-state index in [-0.39, 0.29) is 11.1 Å². The maximum absolute atomic E-state index is 12.7. The highest BCUT2D eigenvalue weighted by Gasteiger charge is 2.21. The fourth-order valence-electron chi connectivity index (χ4n) is 3.41. The Morgan fingerprint density at radius 3 is 3.00 bits per heavy atom. The summed E-state index contributed by atoms with van der Waals surface area (Å²) in [4.78, 5) is 31.6. The number of aryl methyl sites for hydroxylation is 1. The van der Waals surface area contributed by atoms with Crippen LogP contribution >= 0.6 is 0 Å². The summed E-state index contributed by atoms with van der Waals surface area (Å²) in [6.07, 6.45) is 10.3. The number of carboxylic acid groups (broad SMARTS) is 1. The van der Waals surface area contributed by atoms with E-state index < -0.39 is 5.97 Å². The maximum atomic E-state index is 12.7. The van der Waals surface area contributed by atoms with Crippen LogP contribution in [0.1, 0.15) is 27.9 Å². The lowest BCUT2D eigenvalue weighted by molar-refractivity contribution is 0.0697. The number of aromatic amines is 1. The Labute approximate surface area is 149 Å². The average molecular weight is 347 g/mol. The summed E-state index contributed by atoms with van der Waals surface area (Å²) in [5.74, 6) is -1.00. The predicted molar refractivity (Wildman–Crippen MR) is 100 cm³/mol. The minimum Gasteiger partial charge on any atom is -0.478 e. The minimum atomic E-state index is -1.00. The van der Waals surface area contributed by atoms with Crippen LogP contribution in [0.5, 0.6) is 0 Å². The van der Waals surface area contributed by atoms with Crippen molar-refractivity contribution in [3.8, 4) is 11.1 Å². The summed E-state index contributed by atoms with van der Waals surface area (Å²) in [5.41, 5.74) is 4.60. The van der Waals surface area contributed by atoms with Crippen molar-refractivity contribution in [3.05, 3.63) is 70.4 Å². The van der Waals surface area contributed by atoms with Gasteiger partial charge in [0.25, 0.3) is 5.56 Å². The van der Waals surface area contributed by atoms with E-state index in [0.717, 1.165) is 16.7 Å². The van der Waals surface area contributed by atoms with Crippen molar-refractivity contribution in [1.29, 1.82) is 0 Å². The highest BCUT2D eigenvalue weighted by Crippen LogP contribution is 2.34. The number of allylic oxidation sites excluding steroid dienone is 2. The summed E-state index contributed by atoms with van der Waals surface area (Å²) in [5, 5.41) is 9.45. The molecule has 0 radical (unpaired) electrons. The van der Waals surface area contributed by atoms with Crippen molar-refractivity contribution in [2.75, 3.05) is 0 Å². The molecule has 6 nitrogen and oxygen atoms in total. The van der Waals surface area contributed by atoms with E-state index in [2.05, 4.69) is 16.5 Å². The monoisotopic (exact) mass is 347 g/mol. The van der Waals surface area contributed by atoms with Gasteiger partial charge in [0.1, 0.15) is 0 Å². The van der Waals surface area contributed by atoms with Gasteiger partial charge in [-0.2, -0.15) is 0 Å². The third-order valence-electron chi connectivity index (χ3n) is 4.66. The topological polar surface area (TPSA) is 88.0 Å². The highest BCUT2D eigenvalue weighted by atomic mass is 16.4. The number of fused-ring (bicyclic) bond motifs is 2. The van der Waals surface area contributed by atoms with Gasteiger partial charge in [-0.1, -0.05) is 18.2 Å². The molecule has 0 atom stereocenters. The van der Waals surface area contributed by atoms with Gasteiger partial charge in [0, 0.05) is 29.4 Å². The summed E-state index contributed by atoms with van der Waals surface area (Å²) >= 11 is 0. The molecular formula is C20H17N3O3. The number of benzene rings is 1. The molecule has 0 spiro atoms. The van der Waals surface area contributed by atoms with E-state index in [1.54, 1.807) is 35.3 Å². The molecule has 0 unspecified atom stereocenters. The average Bonchev–Trinajstić information content (AvgIpc) is 3.29. The lowest BCUT2D eigenvalue weighted by atomic mass is 9.96. The second-order valence-electron chi connectivity index (χ2n) is 6.25. The van der Waals surface area contributed by atoms with Gasteiger partial charge in [-0.25, -0.2) is 9.78 Å². The molecule has 130 valence electrons. The molecule has 1 aromatic carbocycles. The molecule has 2 aromatic heterocycles. The first-order valence-electron chi connectivity index (χ1n) is 8.34. The number of nitrogens with zero attached hydrogens (tertiary/aromatic N) is 2. The van der Waals surface area contributed by atoms with Crippen molar-refractivity contribution in [2.24, 2.45) is 0 Å². The van der Waals surface area contributed by atoms with Gasteiger partial charge in [-0.3, -0.25) is 4.79 Å². The first kappa shape index (κ1) is 16.1. The molecule has 3 aromatic rings. The molecular weight excluding hydrogens is 330 g/mol. The fraction of sp³-hybridized carbons (Fsp3) is 0.150. The molecule has 2 N–H and O–H groups in total. The smallest absolute Gasteiger partial charge is 0.335 e. The third kappa shape index (κ3) is 2.47. The number of hydrogen-bond acceptors (Lipinski definition) is 3. The van der Waals surface area contributed by atoms with E-state index in [4.69, 9.17) is 0 Å². The predicted octanol–water partition coefficient (Wildman–Crippen LogP) is 3.24. The number of aromatic carboxylic acids is 1. The molecule has 6 heteroatoms. The van der Waals surface area contributed by atoms with Gasteiger partial charge in [0.05, 0.1) is 22.9 Å². The van der Waals surface area contributed by atoms with Crippen LogP contribution in [0.25, 0.3) is 28.2 Å². The minimum absolute atomic E-state index is 0.0109. The zero-order chi connectivity index (χ0) is 18.3.